The van der Waals surface area contributed by atoms with Gasteiger partial charge in [-0.2, -0.15) is 5.10 Å². The monoisotopic (exact) mass is 617 g/mol. The number of carbonyl (C=O) groups excluding carboxylic acids is 2. The van der Waals surface area contributed by atoms with Crippen molar-refractivity contribution in [3.63, 3.8) is 0 Å². The van der Waals surface area contributed by atoms with E-state index in [0.29, 0.717) is 18.4 Å². The highest BCUT2D eigenvalue weighted by Crippen LogP contribution is 2.29. The van der Waals surface area contributed by atoms with E-state index >= 15 is 0 Å². The molecule has 0 aliphatic carbocycles. The molecule has 43 heavy (non-hydrogen) atoms. The maximum absolute atomic E-state index is 13.8. The average molecular weight is 618 g/mol. The van der Waals surface area contributed by atoms with Crippen molar-refractivity contribution < 1.29 is 27.9 Å². The van der Waals surface area contributed by atoms with Crippen LogP contribution in [0.15, 0.2) is 43.0 Å². The Morgan fingerprint density at radius 3 is 2.49 bits per heavy atom. The SMILES string of the molecule is CNc1cnn(C(C)c2cnc(N3CCCC3=O)c(C)c2)c1.Cc1ncc(-c2c(F)ccc(Cl)c2F)nc1C=O.OCF. The molecule has 1 aliphatic rings. The normalized spacial score (nSPS) is 13.0. The molecule has 1 aliphatic heterocycles. The number of aliphatic hydroxyl groups is 1. The van der Waals surface area contributed by atoms with Crippen LogP contribution in [0.1, 0.15) is 53.1 Å². The molecule has 0 radical (unpaired) electrons. The summed E-state index contributed by atoms with van der Waals surface area (Å²) in [5.41, 5.74) is 3.05. The first-order chi connectivity index (χ1) is 20.6. The van der Waals surface area contributed by atoms with E-state index in [1.165, 1.54) is 6.20 Å². The van der Waals surface area contributed by atoms with E-state index in [0.717, 1.165) is 47.7 Å². The number of aromatic nitrogens is 5. The van der Waals surface area contributed by atoms with Crippen molar-refractivity contribution in [1.82, 2.24) is 24.7 Å². The Morgan fingerprint density at radius 2 is 1.91 bits per heavy atom. The van der Waals surface area contributed by atoms with Crippen LogP contribution < -0.4 is 10.2 Å². The quantitative estimate of drug-likeness (QED) is 0.216. The maximum Gasteiger partial charge on any atom is 0.228 e. The highest BCUT2D eigenvalue weighted by atomic mass is 35.5. The number of hydrogen-bond acceptors (Lipinski definition) is 8. The zero-order valence-electron chi connectivity index (χ0n) is 24.0. The van der Waals surface area contributed by atoms with E-state index < -0.39 is 24.1 Å². The fraction of sp³-hybridized carbons (Fsp3) is 0.310. The van der Waals surface area contributed by atoms with Gasteiger partial charge >= 0.3 is 0 Å². The van der Waals surface area contributed by atoms with E-state index in [9.17, 15) is 22.8 Å². The van der Waals surface area contributed by atoms with Gasteiger partial charge in [-0.05, 0) is 56.5 Å². The highest BCUT2D eigenvalue weighted by Gasteiger charge is 2.24. The number of anilines is 2. The molecule has 2 N–H and O–H groups in total. The summed E-state index contributed by atoms with van der Waals surface area (Å²) in [6.07, 6.45) is 8.83. The lowest BCUT2D eigenvalue weighted by atomic mass is 10.1. The van der Waals surface area contributed by atoms with Crippen LogP contribution in [0.2, 0.25) is 5.02 Å². The van der Waals surface area contributed by atoms with Crippen LogP contribution >= 0.6 is 11.6 Å². The molecule has 0 spiro atoms. The molecule has 1 amide bonds. The molecule has 14 heteroatoms. The number of alkyl halides is 1. The number of aldehydes is 1. The zero-order chi connectivity index (χ0) is 31.7. The van der Waals surface area contributed by atoms with E-state index in [-0.39, 0.29) is 28.4 Å². The minimum Gasteiger partial charge on any atom is -0.386 e. The number of pyridine rings is 1. The molecule has 4 aromatic rings. The Hall–Kier alpha value is -4.36. The molecule has 1 fully saturated rings. The Labute approximate surface area is 251 Å². The summed E-state index contributed by atoms with van der Waals surface area (Å²) in [6, 6.07) is 4.33. The van der Waals surface area contributed by atoms with Gasteiger partial charge in [-0.3, -0.25) is 24.2 Å². The molecule has 3 aromatic heterocycles. The van der Waals surface area contributed by atoms with Gasteiger partial charge in [0.25, 0.3) is 0 Å². The van der Waals surface area contributed by atoms with Crippen LogP contribution in [-0.2, 0) is 4.79 Å². The van der Waals surface area contributed by atoms with Crippen molar-refractivity contribution in [3.05, 3.63) is 82.2 Å². The van der Waals surface area contributed by atoms with Crippen LogP contribution in [0.4, 0.5) is 24.7 Å². The lowest BCUT2D eigenvalue weighted by molar-refractivity contribution is -0.117. The van der Waals surface area contributed by atoms with Gasteiger partial charge in [-0.15, -0.1) is 0 Å². The van der Waals surface area contributed by atoms with Crippen LogP contribution in [0, 0.1) is 25.5 Å². The Bertz CT molecular complexity index is 1590. The standard InChI is InChI=1S/C16H21N5O.C12H7ClF2N2O.CH3FO/c1-11-7-13(12(2)21-10-14(17-3)9-19-21)8-18-16(11)20-6-4-5-15(20)22;1-6-10(5-18)17-9(4-16-6)11-8(14)3-2-7(13)12(11)15;2-1-3/h7-10,12,17H,4-6H2,1-3H3;2-5H,1H3;3H,1H2. The van der Waals surface area contributed by atoms with E-state index in [4.69, 9.17) is 16.7 Å². The summed E-state index contributed by atoms with van der Waals surface area (Å²) in [7, 11) is 1.87. The zero-order valence-corrected chi connectivity index (χ0v) is 24.7. The predicted octanol–water partition coefficient (Wildman–Crippen LogP) is 5.47. The Balaban J connectivity index is 0.000000220. The summed E-state index contributed by atoms with van der Waals surface area (Å²) in [4.78, 5) is 36.6. The minimum atomic E-state index is -1.25. The Morgan fingerprint density at radius 1 is 1.19 bits per heavy atom. The van der Waals surface area contributed by atoms with Crippen molar-refractivity contribution in [2.75, 3.05) is 30.7 Å². The fourth-order valence-electron chi connectivity index (χ4n) is 4.26. The molecule has 5 rings (SSSR count). The molecule has 1 atom stereocenters. The molecule has 0 bridgehead atoms. The number of halogens is 4. The average Bonchev–Trinajstić information content (AvgIpc) is 3.65. The molecule has 1 aromatic carbocycles. The number of aryl methyl sites for hydroxylation is 2. The number of nitrogens with zero attached hydrogens (tertiary/aromatic N) is 6. The summed E-state index contributed by atoms with van der Waals surface area (Å²) in [5.74, 6) is -0.782. The molecule has 1 saturated heterocycles. The van der Waals surface area contributed by atoms with Gasteiger partial charge in [-0.1, -0.05) is 11.6 Å². The van der Waals surface area contributed by atoms with Crippen molar-refractivity contribution in [2.45, 2.75) is 39.7 Å². The van der Waals surface area contributed by atoms with Gasteiger partial charge < -0.3 is 10.4 Å². The summed E-state index contributed by atoms with van der Waals surface area (Å²) < 4.78 is 39.1. The third-order valence-corrected chi connectivity index (χ3v) is 6.87. The third kappa shape index (κ3) is 7.93. The van der Waals surface area contributed by atoms with Crippen molar-refractivity contribution >= 4 is 35.3 Å². The molecule has 1 unspecified atom stereocenters. The van der Waals surface area contributed by atoms with Crippen molar-refractivity contribution in [1.29, 1.82) is 0 Å². The van der Waals surface area contributed by atoms with Gasteiger partial charge in [-0.25, -0.2) is 23.1 Å². The molecule has 10 nitrogen and oxygen atoms in total. The van der Waals surface area contributed by atoms with E-state index in [2.05, 4.69) is 38.4 Å². The number of rotatable bonds is 6. The number of aliphatic hydroxyl groups excluding tert-OH is 1. The molecule has 0 saturated carbocycles. The summed E-state index contributed by atoms with van der Waals surface area (Å²) >= 11 is 5.58. The number of hydrogen-bond donors (Lipinski definition) is 2. The molecular weight excluding hydrogens is 587 g/mol. The van der Waals surface area contributed by atoms with Crippen LogP contribution in [0.5, 0.6) is 0 Å². The fourth-order valence-corrected chi connectivity index (χ4v) is 4.42. The van der Waals surface area contributed by atoms with E-state index in [1.807, 2.05) is 31.0 Å². The summed E-state index contributed by atoms with van der Waals surface area (Å²) in [5, 5.41) is 14.1. The maximum atomic E-state index is 13.8. The molecular formula is C29H31ClF3N7O3. The van der Waals surface area contributed by atoms with Crippen LogP contribution in [0.3, 0.4) is 0 Å². The topological polar surface area (TPSA) is 126 Å². The van der Waals surface area contributed by atoms with Crippen molar-refractivity contribution in [2.24, 2.45) is 0 Å². The van der Waals surface area contributed by atoms with Gasteiger partial charge in [0.2, 0.25) is 5.91 Å². The first-order valence-corrected chi connectivity index (χ1v) is 13.5. The minimum absolute atomic E-state index is 0.0336. The van der Waals surface area contributed by atoms with Gasteiger partial charge in [0, 0.05) is 32.4 Å². The number of amides is 1. The van der Waals surface area contributed by atoms with Crippen LogP contribution in [0.25, 0.3) is 11.3 Å². The smallest absolute Gasteiger partial charge is 0.228 e. The Kier molecular flexibility index (Phi) is 11.7. The van der Waals surface area contributed by atoms with E-state index in [1.54, 1.807) is 18.0 Å². The second-order valence-electron chi connectivity index (χ2n) is 9.37. The number of nitrogens with one attached hydrogen (secondary N) is 1. The predicted molar refractivity (Wildman–Crippen MR) is 157 cm³/mol. The van der Waals surface area contributed by atoms with Crippen LogP contribution in [-0.4, -0.2) is 62.5 Å². The van der Waals surface area contributed by atoms with Gasteiger partial charge in [0.15, 0.2) is 19.0 Å². The van der Waals surface area contributed by atoms with Crippen molar-refractivity contribution in [3.8, 4) is 11.3 Å². The second kappa shape index (κ2) is 15.2. The number of carbonyl (C=O) groups is 2. The largest absolute Gasteiger partial charge is 0.386 e. The lowest BCUT2D eigenvalue weighted by Crippen LogP contribution is -2.25. The molecule has 228 valence electrons. The second-order valence-corrected chi connectivity index (χ2v) is 9.78. The number of benzene rings is 1. The molecule has 4 heterocycles. The first-order valence-electron chi connectivity index (χ1n) is 13.1. The lowest BCUT2D eigenvalue weighted by Gasteiger charge is -2.19. The summed E-state index contributed by atoms with van der Waals surface area (Å²) in [6.45, 7) is 5.19. The van der Waals surface area contributed by atoms with Gasteiger partial charge in [0.05, 0.1) is 46.1 Å². The first kappa shape index (κ1) is 33.1. The van der Waals surface area contributed by atoms with Gasteiger partial charge in [0.1, 0.15) is 17.3 Å². The third-order valence-electron chi connectivity index (χ3n) is 6.57. The highest BCUT2D eigenvalue weighted by molar-refractivity contribution is 6.31.